The van der Waals surface area contributed by atoms with Gasteiger partial charge < -0.3 is 15.3 Å². The highest BCUT2D eigenvalue weighted by molar-refractivity contribution is 8.00. The molecule has 0 saturated heterocycles. The van der Waals surface area contributed by atoms with Crippen LogP contribution in [0.15, 0.2) is 0 Å². The van der Waals surface area contributed by atoms with Crippen molar-refractivity contribution in [1.82, 2.24) is 0 Å². The van der Waals surface area contributed by atoms with Gasteiger partial charge in [-0.05, 0) is 6.92 Å². The lowest BCUT2D eigenvalue weighted by Gasteiger charge is -2.18. The second kappa shape index (κ2) is 5.83. The summed E-state index contributed by atoms with van der Waals surface area (Å²) in [4.78, 5) is 0. The van der Waals surface area contributed by atoms with Gasteiger partial charge in [-0.25, -0.2) is 0 Å². The molecule has 0 amide bonds. The maximum absolute atomic E-state index is 9.08. The minimum absolute atomic E-state index is 0.0434. The SMILES string of the molecule is CC(O)C(C)SC(CO)CO. The quantitative estimate of drug-likeness (QED) is 0.550. The average Bonchev–Trinajstić information content (AvgIpc) is 1.99. The standard InChI is InChI=1S/C7H16O3S/c1-5(10)6(2)11-7(3-8)4-9/h5-10H,3-4H2,1-2H3. The van der Waals surface area contributed by atoms with E-state index in [1.807, 2.05) is 6.92 Å². The second-order valence-electron chi connectivity index (χ2n) is 2.57. The number of aliphatic hydroxyl groups is 3. The van der Waals surface area contributed by atoms with E-state index in [9.17, 15) is 0 Å². The summed E-state index contributed by atoms with van der Waals surface area (Å²) in [5.74, 6) is 0. The van der Waals surface area contributed by atoms with Crippen molar-refractivity contribution in [3.8, 4) is 0 Å². The highest BCUT2D eigenvalue weighted by atomic mass is 32.2. The van der Waals surface area contributed by atoms with Crippen LogP contribution in [0.3, 0.4) is 0 Å². The van der Waals surface area contributed by atoms with Gasteiger partial charge in [0, 0.05) is 5.25 Å². The maximum atomic E-state index is 9.08. The third-order valence-corrected chi connectivity index (χ3v) is 3.00. The van der Waals surface area contributed by atoms with Gasteiger partial charge in [0.2, 0.25) is 0 Å². The Hall–Kier alpha value is 0.230. The monoisotopic (exact) mass is 180 g/mol. The van der Waals surface area contributed by atoms with Crippen LogP contribution < -0.4 is 0 Å². The second-order valence-corrected chi connectivity index (χ2v) is 4.25. The van der Waals surface area contributed by atoms with Crippen LogP contribution in [0.2, 0.25) is 0 Å². The molecule has 0 aromatic carbocycles. The smallest absolute Gasteiger partial charge is 0.0628 e. The number of hydrogen-bond donors (Lipinski definition) is 3. The topological polar surface area (TPSA) is 60.7 Å². The fraction of sp³-hybridized carbons (Fsp3) is 1.00. The molecule has 2 atom stereocenters. The molecular weight excluding hydrogens is 164 g/mol. The van der Waals surface area contributed by atoms with Gasteiger partial charge in [-0.3, -0.25) is 0 Å². The minimum atomic E-state index is -0.402. The van der Waals surface area contributed by atoms with Crippen LogP contribution in [0.4, 0.5) is 0 Å². The summed E-state index contributed by atoms with van der Waals surface area (Å²) in [6.07, 6.45) is -0.402. The lowest BCUT2D eigenvalue weighted by Crippen LogP contribution is -2.23. The van der Waals surface area contributed by atoms with Crippen LogP contribution >= 0.6 is 11.8 Å². The highest BCUT2D eigenvalue weighted by Gasteiger charge is 2.15. The first kappa shape index (κ1) is 11.2. The molecule has 0 rings (SSSR count). The molecule has 3 N–H and O–H groups in total. The van der Waals surface area contributed by atoms with Crippen molar-refractivity contribution >= 4 is 11.8 Å². The molecule has 11 heavy (non-hydrogen) atoms. The summed E-state index contributed by atoms with van der Waals surface area (Å²) in [6.45, 7) is 3.48. The van der Waals surface area contributed by atoms with Gasteiger partial charge in [-0.15, -0.1) is 11.8 Å². The number of thioether (sulfide) groups is 1. The third kappa shape index (κ3) is 4.63. The Morgan fingerprint density at radius 3 is 1.91 bits per heavy atom. The van der Waals surface area contributed by atoms with Gasteiger partial charge in [0.05, 0.1) is 24.6 Å². The van der Waals surface area contributed by atoms with Crippen molar-refractivity contribution in [1.29, 1.82) is 0 Å². The molecule has 0 bridgehead atoms. The van der Waals surface area contributed by atoms with Gasteiger partial charge in [0.1, 0.15) is 0 Å². The highest BCUT2D eigenvalue weighted by Crippen LogP contribution is 2.19. The van der Waals surface area contributed by atoms with Crippen molar-refractivity contribution in [2.24, 2.45) is 0 Å². The first-order valence-corrected chi connectivity index (χ1v) is 4.61. The Kier molecular flexibility index (Phi) is 5.95. The van der Waals surface area contributed by atoms with Crippen LogP contribution in [0.1, 0.15) is 13.8 Å². The van der Waals surface area contributed by atoms with Gasteiger partial charge in [0.25, 0.3) is 0 Å². The van der Waals surface area contributed by atoms with Crippen LogP contribution in [0, 0.1) is 0 Å². The Bertz CT molecular complexity index is 93.7. The first-order valence-electron chi connectivity index (χ1n) is 3.67. The van der Waals surface area contributed by atoms with E-state index in [4.69, 9.17) is 15.3 Å². The van der Waals surface area contributed by atoms with Gasteiger partial charge >= 0.3 is 0 Å². The molecule has 0 aliphatic rings. The summed E-state index contributed by atoms with van der Waals surface area (Å²) >= 11 is 1.40. The first-order chi connectivity index (χ1) is 5.11. The number of hydrogen-bond acceptors (Lipinski definition) is 4. The molecular formula is C7H16O3S. The zero-order valence-corrected chi connectivity index (χ0v) is 7.71. The van der Waals surface area contributed by atoms with Gasteiger partial charge in [-0.2, -0.15) is 0 Å². The predicted molar refractivity (Wildman–Crippen MR) is 46.7 cm³/mol. The number of rotatable bonds is 5. The van der Waals surface area contributed by atoms with Crippen LogP contribution in [-0.4, -0.2) is 45.1 Å². The maximum Gasteiger partial charge on any atom is 0.0628 e. The van der Waals surface area contributed by atoms with Gasteiger partial charge in [0.15, 0.2) is 0 Å². The molecule has 0 heterocycles. The predicted octanol–water partition coefficient (Wildman–Crippen LogP) is -0.158. The summed E-state index contributed by atoms with van der Waals surface area (Å²) in [5.41, 5.74) is 0. The van der Waals surface area contributed by atoms with Crippen molar-refractivity contribution in [3.63, 3.8) is 0 Å². The lowest BCUT2D eigenvalue weighted by atomic mass is 10.3. The van der Waals surface area contributed by atoms with E-state index < -0.39 is 6.10 Å². The van der Waals surface area contributed by atoms with Crippen LogP contribution in [0.25, 0.3) is 0 Å². The van der Waals surface area contributed by atoms with Crippen molar-refractivity contribution < 1.29 is 15.3 Å². The zero-order valence-electron chi connectivity index (χ0n) is 6.90. The van der Waals surface area contributed by atoms with Gasteiger partial charge in [-0.1, -0.05) is 6.92 Å². The Morgan fingerprint density at radius 2 is 1.64 bits per heavy atom. The Morgan fingerprint density at radius 1 is 1.18 bits per heavy atom. The van der Waals surface area contributed by atoms with E-state index in [1.165, 1.54) is 11.8 Å². The molecule has 0 aromatic heterocycles. The largest absolute Gasteiger partial charge is 0.395 e. The van der Waals surface area contributed by atoms with Crippen LogP contribution in [0.5, 0.6) is 0 Å². The van der Waals surface area contributed by atoms with E-state index in [0.717, 1.165) is 0 Å². The molecule has 0 saturated carbocycles. The molecule has 4 heteroatoms. The third-order valence-electron chi connectivity index (χ3n) is 1.49. The van der Waals surface area contributed by atoms with E-state index >= 15 is 0 Å². The molecule has 2 unspecified atom stereocenters. The van der Waals surface area contributed by atoms with Crippen molar-refractivity contribution in [2.75, 3.05) is 13.2 Å². The molecule has 0 aliphatic carbocycles. The van der Waals surface area contributed by atoms with Crippen molar-refractivity contribution in [2.45, 2.75) is 30.5 Å². The molecule has 0 aliphatic heterocycles. The zero-order chi connectivity index (χ0) is 8.85. The van der Waals surface area contributed by atoms with Crippen LogP contribution in [-0.2, 0) is 0 Å². The number of aliphatic hydroxyl groups excluding tert-OH is 3. The Balaban J connectivity index is 3.62. The Labute approximate surface area is 71.4 Å². The summed E-state index contributed by atoms with van der Waals surface area (Å²) in [5, 5.41) is 26.4. The molecule has 3 nitrogen and oxygen atoms in total. The minimum Gasteiger partial charge on any atom is -0.395 e. The molecule has 0 spiro atoms. The molecule has 0 radical (unpaired) electrons. The average molecular weight is 180 g/mol. The lowest BCUT2D eigenvalue weighted by molar-refractivity contribution is 0.194. The normalized spacial score (nSPS) is 16.9. The van der Waals surface area contributed by atoms with Crippen molar-refractivity contribution in [3.05, 3.63) is 0 Å². The summed E-state index contributed by atoms with van der Waals surface area (Å²) in [6, 6.07) is 0. The summed E-state index contributed by atoms with van der Waals surface area (Å²) < 4.78 is 0. The molecule has 0 aromatic rings. The fourth-order valence-electron chi connectivity index (χ4n) is 0.561. The van der Waals surface area contributed by atoms with E-state index in [0.29, 0.717) is 0 Å². The summed E-state index contributed by atoms with van der Waals surface area (Å²) in [7, 11) is 0. The van der Waals surface area contributed by atoms with E-state index in [1.54, 1.807) is 6.92 Å². The van der Waals surface area contributed by atoms with E-state index in [2.05, 4.69) is 0 Å². The van der Waals surface area contributed by atoms with E-state index in [-0.39, 0.29) is 23.7 Å². The fourth-order valence-corrected chi connectivity index (χ4v) is 1.57. The molecule has 68 valence electrons. The molecule has 0 fully saturated rings.